The topological polar surface area (TPSA) is 40.1 Å². The normalized spacial score (nSPS) is 15.7. The summed E-state index contributed by atoms with van der Waals surface area (Å²) in [6.45, 7) is 5.20. The van der Waals surface area contributed by atoms with Crippen molar-refractivity contribution < 1.29 is 10.2 Å². The second-order valence-electron chi connectivity index (χ2n) is 3.29. The monoisotopic (exact) mass is 131 g/mol. The summed E-state index contributed by atoms with van der Waals surface area (Å²) < 4.78 is 0. The van der Waals surface area contributed by atoms with E-state index in [-0.39, 0.29) is 12.5 Å². The zero-order chi connectivity index (χ0) is 7.49. The van der Waals surface area contributed by atoms with Gasteiger partial charge in [-0.1, -0.05) is 6.92 Å². The third kappa shape index (κ3) is 5.80. The zero-order valence-electron chi connectivity index (χ0n) is 6.35. The summed E-state index contributed by atoms with van der Waals surface area (Å²) in [7, 11) is 0. The van der Waals surface area contributed by atoms with Crippen LogP contribution < -0.4 is 0 Å². The van der Waals surface area contributed by atoms with Crippen molar-refractivity contribution >= 4 is 0 Å². The highest BCUT2D eigenvalue weighted by atomic mass is 16.3. The van der Waals surface area contributed by atoms with E-state index in [0.717, 1.165) is 0 Å². The van der Waals surface area contributed by atoms with E-state index in [2.05, 4.69) is 0 Å². The van der Waals surface area contributed by atoms with E-state index in [1.807, 2.05) is 6.92 Å². The summed E-state index contributed by atoms with van der Waals surface area (Å²) in [6, 6.07) is 0. The van der Waals surface area contributed by atoms with E-state index in [0.29, 0.717) is 6.42 Å². The fourth-order valence-corrected chi connectivity index (χ4v) is 0.912. The Morgan fingerprint density at radius 1 is 1.56 bits per heavy atom. The van der Waals surface area contributed by atoms with Crippen molar-refractivity contribution in [2.45, 2.75) is 32.8 Å². The first-order valence-corrected chi connectivity index (χ1v) is 3.26. The lowest BCUT2D eigenvalue weighted by Crippen LogP contribution is -2.23. The number of hydrogen-bond donors (Lipinski definition) is 1. The molecule has 0 rings (SSSR count). The summed E-state index contributed by atoms with van der Waals surface area (Å²) in [5.41, 5.74) is -0.677. The third-order valence-corrected chi connectivity index (χ3v) is 1.13. The molecule has 0 aromatic carbocycles. The number of aliphatic hydroxyl groups is 1. The molecule has 55 valence electrons. The van der Waals surface area contributed by atoms with E-state index in [1.165, 1.54) is 0 Å². The van der Waals surface area contributed by atoms with Gasteiger partial charge in [0.1, 0.15) is 0 Å². The Hall–Kier alpha value is -0.0800. The van der Waals surface area contributed by atoms with E-state index >= 15 is 0 Å². The van der Waals surface area contributed by atoms with Gasteiger partial charge in [0.15, 0.2) is 0 Å². The summed E-state index contributed by atoms with van der Waals surface area (Å²) in [5, 5.41) is 19.4. The van der Waals surface area contributed by atoms with Gasteiger partial charge >= 0.3 is 0 Å². The average Bonchev–Trinajstić information content (AvgIpc) is 1.62. The first kappa shape index (κ1) is 8.92. The second kappa shape index (κ2) is 3.18. The molecule has 0 aromatic rings. The van der Waals surface area contributed by atoms with Crippen LogP contribution in [0, 0.1) is 5.92 Å². The Kier molecular flexibility index (Phi) is 3.15. The van der Waals surface area contributed by atoms with Gasteiger partial charge in [0.2, 0.25) is 0 Å². The molecule has 0 heterocycles. The highest BCUT2D eigenvalue weighted by molar-refractivity contribution is 4.68. The van der Waals surface area contributed by atoms with Crippen LogP contribution >= 0.6 is 0 Å². The smallest absolute Gasteiger partial charge is 0.0848 e. The van der Waals surface area contributed by atoms with Crippen LogP contribution in [0.1, 0.15) is 27.2 Å². The van der Waals surface area contributed by atoms with Gasteiger partial charge in [-0.05, 0) is 26.2 Å². The van der Waals surface area contributed by atoms with Gasteiger partial charge in [-0.3, -0.25) is 0 Å². The van der Waals surface area contributed by atoms with Gasteiger partial charge in [0, 0.05) is 0 Å². The molecule has 0 saturated carbocycles. The molecular weight excluding hydrogens is 116 g/mol. The predicted molar refractivity (Wildman–Crippen MR) is 35.6 cm³/mol. The van der Waals surface area contributed by atoms with Crippen LogP contribution in [0.4, 0.5) is 0 Å². The van der Waals surface area contributed by atoms with Crippen molar-refractivity contribution in [3.8, 4) is 0 Å². The summed E-state index contributed by atoms with van der Waals surface area (Å²) in [6.07, 6.45) is 0.594. The molecule has 0 aromatic heterocycles. The molecule has 0 aliphatic heterocycles. The molecule has 0 bridgehead atoms. The molecule has 1 radical (unpaired) electrons. The van der Waals surface area contributed by atoms with Crippen LogP contribution in [0.2, 0.25) is 0 Å². The van der Waals surface area contributed by atoms with Crippen molar-refractivity contribution in [1.82, 2.24) is 0 Å². The van der Waals surface area contributed by atoms with Crippen LogP contribution in [0.3, 0.4) is 0 Å². The Morgan fingerprint density at radius 3 is 2.11 bits per heavy atom. The Labute approximate surface area is 56.5 Å². The lowest BCUT2D eigenvalue weighted by Gasteiger charge is -2.19. The van der Waals surface area contributed by atoms with Crippen LogP contribution in [0.15, 0.2) is 0 Å². The van der Waals surface area contributed by atoms with Gasteiger partial charge in [0.25, 0.3) is 0 Å². The molecule has 0 saturated heterocycles. The van der Waals surface area contributed by atoms with Gasteiger partial charge in [-0.15, -0.1) is 0 Å². The SMILES string of the molecule is CC(C[O])CC(C)(C)O. The molecule has 0 spiro atoms. The van der Waals surface area contributed by atoms with Gasteiger partial charge in [-0.25, -0.2) is 5.11 Å². The van der Waals surface area contributed by atoms with Crippen molar-refractivity contribution in [2.75, 3.05) is 6.61 Å². The van der Waals surface area contributed by atoms with E-state index in [9.17, 15) is 10.2 Å². The molecule has 0 fully saturated rings. The Morgan fingerprint density at radius 2 is 2.00 bits per heavy atom. The summed E-state index contributed by atoms with van der Waals surface area (Å²) in [4.78, 5) is 0. The Bertz CT molecular complexity index is 73.5. The van der Waals surface area contributed by atoms with Crippen LogP contribution in [-0.4, -0.2) is 17.3 Å². The summed E-state index contributed by atoms with van der Waals surface area (Å²) in [5.74, 6) is 0.0880. The average molecular weight is 131 g/mol. The number of hydrogen-bond acceptors (Lipinski definition) is 1. The standard InChI is InChI=1S/C7H15O2/c1-6(5-8)4-7(2,3)9/h6,9H,4-5H2,1-3H3. The van der Waals surface area contributed by atoms with E-state index in [4.69, 9.17) is 0 Å². The highest BCUT2D eigenvalue weighted by Crippen LogP contribution is 2.14. The van der Waals surface area contributed by atoms with Gasteiger partial charge in [-0.2, -0.15) is 0 Å². The molecule has 2 nitrogen and oxygen atoms in total. The largest absolute Gasteiger partial charge is 0.390 e. The predicted octanol–water partition coefficient (Wildman–Crippen LogP) is 1.21. The van der Waals surface area contributed by atoms with Gasteiger partial charge in [0.05, 0.1) is 12.2 Å². The van der Waals surface area contributed by atoms with Crippen LogP contribution in [0.5, 0.6) is 0 Å². The van der Waals surface area contributed by atoms with Crippen molar-refractivity contribution in [3.05, 3.63) is 0 Å². The first-order valence-electron chi connectivity index (χ1n) is 3.26. The molecule has 0 amide bonds. The minimum Gasteiger partial charge on any atom is -0.390 e. The van der Waals surface area contributed by atoms with Crippen LogP contribution in [-0.2, 0) is 5.11 Å². The molecule has 1 unspecified atom stereocenters. The lowest BCUT2D eigenvalue weighted by atomic mass is 9.96. The van der Waals surface area contributed by atoms with Crippen molar-refractivity contribution in [3.63, 3.8) is 0 Å². The maximum Gasteiger partial charge on any atom is 0.0848 e. The molecule has 2 heteroatoms. The molecule has 0 aliphatic carbocycles. The van der Waals surface area contributed by atoms with Crippen molar-refractivity contribution in [2.24, 2.45) is 5.92 Å². The number of rotatable bonds is 3. The molecule has 0 aliphatic rings. The zero-order valence-corrected chi connectivity index (χ0v) is 6.35. The highest BCUT2D eigenvalue weighted by Gasteiger charge is 2.16. The summed E-state index contributed by atoms with van der Waals surface area (Å²) >= 11 is 0. The van der Waals surface area contributed by atoms with Gasteiger partial charge < -0.3 is 5.11 Å². The molecular formula is C7H15O2. The molecule has 1 N–H and O–H groups in total. The minimum absolute atomic E-state index is 0.0880. The molecule has 9 heavy (non-hydrogen) atoms. The lowest BCUT2D eigenvalue weighted by molar-refractivity contribution is 0.0341. The van der Waals surface area contributed by atoms with Crippen LogP contribution in [0.25, 0.3) is 0 Å². The fourth-order valence-electron chi connectivity index (χ4n) is 0.912. The van der Waals surface area contributed by atoms with Crippen molar-refractivity contribution in [1.29, 1.82) is 0 Å². The minimum atomic E-state index is -0.677. The maximum atomic E-state index is 10.2. The second-order valence-corrected chi connectivity index (χ2v) is 3.29. The van der Waals surface area contributed by atoms with E-state index < -0.39 is 5.60 Å². The fraction of sp³-hybridized carbons (Fsp3) is 1.00. The maximum absolute atomic E-state index is 10.2. The quantitative estimate of drug-likeness (QED) is 0.614. The van der Waals surface area contributed by atoms with E-state index in [1.54, 1.807) is 13.8 Å². The third-order valence-electron chi connectivity index (χ3n) is 1.13. The Balaban J connectivity index is 3.47. The first-order chi connectivity index (χ1) is 3.95. The molecule has 1 atom stereocenters.